The normalized spacial score (nSPS) is 17.9. The van der Waals surface area contributed by atoms with Crippen LogP contribution in [0.4, 0.5) is 11.4 Å². The topological polar surface area (TPSA) is 58.3 Å². The van der Waals surface area contributed by atoms with Crippen LogP contribution in [-0.2, 0) is 0 Å². The third-order valence-electron chi connectivity index (χ3n) is 2.76. The average molecular weight is 192 g/mol. The number of aliphatic hydroxyl groups is 1. The maximum absolute atomic E-state index is 9.17. The number of nitrogens with one attached hydrogen (secondary N) is 1. The van der Waals surface area contributed by atoms with E-state index in [1.54, 1.807) is 0 Å². The number of benzene rings is 1. The maximum Gasteiger partial charge on any atom is 0.0661 e. The SMILES string of the molecule is Cc1ccc(N)c(NC2(CO)CC2)c1. The zero-order valence-electron chi connectivity index (χ0n) is 8.38. The Morgan fingerprint density at radius 1 is 1.50 bits per heavy atom. The van der Waals surface area contributed by atoms with Gasteiger partial charge in [0.1, 0.15) is 0 Å². The van der Waals surface area contributed by atoms with E-state index in [1.165, 1.54) is 5.56 Å². The number of aliphatic hydroxyl groups excluding tert-OH is 1. The van der Waals surface area contributed by atoms with Gasteiger partial charge in [0.2, 0.25) is 0 Å². The molecule has 0 atom stereocenters. The quantitative estimate of drug-likeness (QED) is 0.636. The molecule has 3 heteroatoms. The molecule has 4 N–H and O–H groups in total. The van der Waals surface area contributed by atoms with Gasteiger partial charge in [0.05, 0.1) is 23.5 Å². The standard InChI is InChI=1S/C11H16N2O/c1-8-2-3-9(12)10(6-8)13-11(7-14)4-5-11/h2-3,6,13-14H,4-5,7,12H2,1H3. The van der Waals surface area contributed by atoms with Gasteiger partial charge in [-0.2, -0.15) is 0 Å². The van der Waals surface area contributed by atoms with Gasteiger partial charge in [0.15, 0.2) is 0 Å². The Hall–Kier alpha value is -1.22. The molecule has 0 heterocycles. The molecule has 0 unspecified atom stereocenters. The van der Waals surface area contributed by atoms with Gasteiger partial charge < -0.3 is 16.2 Å². The van der Waals surface area contributed by atoms with Gasteiger partial charge >= 0.3 is 0 Å². The molecule has 1 aliphatic rings. The van der Waals surface area contributed by atoms with Crippen molar-refractivity contribution in [3.63, 3.8) is 0 Å². The molecule has 2 rings (SSSR count). The van der Waals surface area contributed by atoms with Gasteiger partial charge in [0, 0.05) is 0 Å². The van der Waals surface area contributed by atoms with Crippen LogP contribution >= 0.6 is 0 Å². The highest BCUT2D eigenvalue weighted by Gasteiger charge is 2.42. The Bertz CT molecular complexity index is 345. The minimum Gasteiger partial charge on any atom is -0.397 e. The third-order valence-corrected chi connectivity index (χ3v) is 2.76. The van der Waals surface area contributed by atoms with Crippen LogP contribution < -0.4 is 11.1 Å². The van der Waals surface area contributed by atoms with Gasteiger partial charge in [-0.1, -0.05) is 6.07 Å². The lowest BCUT2D eigenvalue weighted by atomic mass is 10.1. The van der Waals surface area contributed by atoms with E-state index in [9.17, 15) is 5.11 Å². The molecule has 1 aromatic carbocycles. The van der Waals surface area contributed by atoms with E-state index in [2.05, 4.69) is 5.32 Å². The fraction of sp³-hybridized carbons (Fsp3) is 0.455. The molecular weight excluding hydrogens is 176 g/mol. The molecule has 0 aliphatic heterocycles. The number of nitrogens with two attached hydrogens (primary N) is 1. The lowest BCUT2D eigenvalue weighted by molar-refractivity contribution is 0.266. The highest BCUT2D eigenvalue weighted by Crippen LogP contribution is 2.39. The first-order valence-corrected chi connectivity index (χ1v) is 4.90. The van der Waals surface area contributed by atoms with Crippen molar-refractivity contribution in [1.29, 1.82) is 0 Å². The maximum atomic E-state index is 9.17. The first kappa shape index (κ1) is 9.34. The molecule has 1 aromatic rings. The summed E-state index contributed by atoms with van der Waals surface area (Å²) in [6.07, 6.45) is 2.05. The second-order valence-electron chi connectivity index (χ2n) is 4.15. The van der Waals surface area contributed by atoms with Crippen LogP contribution in [0.1, 0.15) is 18.4 Å². The zero-order valence-corrected chi connectivity index (χ0v) is 8.38. The summed E-state index contributed by atoms with van der Waals surface area (Å²) in [7, 11) is 0. The van der Waals surface area contributed by atoms with E-state index in [0.29, 0.717) is 0 Å². The summed E-state index contributed by atoms with van der Waals surface area (Å²) < 4.78 is 0. The smallest absolute Gasteiger partial charge is 0.0661 e. The number of anilines is 2. The van der Waals surface area contributed by atoms with Crippen molar-refractivity contribution in [1.82, 2.24) is 0 Å². The predicted molar refractivity (Wildman–Crippen MR) is 58.3 cm³/mol. The minimum absolute atomic E-state index is 0.0953. The number of nitrogen functional groups attached to an aromatic ring is 1. The van der Waals surface area contributed by atoms with Crippen molar-refractivity contribution in [2.24, 2.45) is 0 Å². The van der Waals surface area contributed by atoms with Crippen LogP contribution in [0.25, 0.3) is 0 Å². The molecule has 0 spiro atoms. The molecule has 76 valence electrons. The van der Waals surface area contributed by atoms with Crippen LogP contribution in [0.3, 0.4) is 0 Å². The molecule has 0 aromatic heterocycles. The minimum atomic E-state index is -0.0953. The first-order chi connectivity index (χ1) is 6.65. The molecule has 0 bridgehead atoms. The van der Waals surface area contributed by atoms with Crippen LogP contribution in [0.15, 0.2) is 18.2 Å². The molecular formula is C11H16N2O. The summed E-state index contributed by atoms with van der Waals surface area (Å²) in [6.45, 7) is 2.21. The van der Waals surface area contributed by atoms with Gasteiger partial charge in [0.25, 0.3) is 0 Å². The highest BCUT2D eigenvalue weighted by atomic mass is 16.3. The van der Waals surface area contributed by atoms with Crippen LogP contribution in [-0.4, -0.2) is 17.3 Å². The third kappa shape index (κ3) is 1.68. The Labute approximate surface area is 83.9 Å². The molecule has 1 saturated carbocycles. The highest BCUT2D eigenvalue weighted by molar-refractivity contribution is 5.68. The molecule has 1 fully saturated rings. The van der Waals surface area contributed by atoms with E-state index >= 15 is 0 Å². The van der Waals surface area contributed by atoms with Crippen molar-refractivity contribution in [2.45, 2.75) is 25.3 Å². The number of rotatable bonds is 3. The summed E-state index contributed by atoms with van der Waals surface area (Å²) in [6, 6.07) is 5.90. The molecule has 14 heavy (non-hydrogen) atoms. The van der Waals surface area contributed by atoms with E-state index < -0.39 is 0 Å². The Morgan fingerprint density at radius 2 is 2.21 bits per heavy atom. The molecule has 1 aliphatic carbocycles. The number of hydrogen-bond donors (Lipinski definition) is 3. The summed E-state index contributed by atoms with van der Waals surface area (Å²) in [5, 5.41) is 12.5. The molecule has 0 amide bonds. The summed E-state index contributed by atoms with van der Waals surface area (Å²) in [5.41, 5.74) is 8.60. The van der Waals surface area contributed by atoms with Crippen LogP contribution in [0.5, 0.6) is 0 Å². The fourth-order valence-corrected chi connectivity index (χ4v) is 1.54. The van der Waals surface area contributed by atoms with Crippen molar-refractivity contribution in [3.05, 3.63) is 23.8 Å². The lowest BCUT2D eigenvalue weighted by Crippen LogP contribution is -2.26. The predicted octanol–water partition coefficient (Wildman–Crippen LogP) is 1.51. The second kappa shape index (κ2) is 3.17. The number of aryl methyl sites for hydroxylation is 1. The van der Waals surface area contributed by atoms with Crippen molar-refractivity contribution in [3.8, 4) is 0 Å². The molecule has 0 saturated heterocycles. The van der Waals surface area contributed by atoms with Crippen LogP contribution in [0.2, 0.25) is 0 Å². The van der Waals surface area contributed by atoms with Gasteiger partial charge in [-0.05, 0) is 37.5 Å². The Kier molecular flexibility index (Phi) is 2.11. The van der Waals surface area contributed by atoms with E-state index in [-0.39, 0.29) is 12.1 Å². The first-order valence-electron chi connectivity index (χ1n) is 4.90. The van der Waals surface area contributed by atoms with Crippen molar-refractivity contribution in [2.75, 3.05) is 17.7 Å². The summed E-state index contributed by atoms with van der Waals surface area (Å²) in [4.78, 5) is 0. The van der Waals surface area contributed by atoms with Crippen LogP contribution in [0, 0.1) is 6.92 Å². The van der Waals surface area contributed by atoms with E-state index in [0.717, 1.165) is 24.2 Å². The molecule has 3 nitrogen and oxygen atoms in total. The lowest BCUT2D eigenvalue weighted by Gasteiger charge is -2.17. The monoisotopic (exact) mass is 192 g/mol. The number of hydrogen-bond acceptors (Lipinski definition) is 3. The van der Waals surface area contributed by atoms with Crippen molar-refractivity contribution < 1.29 is 5.11 Å². The Balaban J connectivity index is 2.20. The second-order valence-corrected chi connectivity index (χ2v) is 4.15. The largest absolute Gasteiger partial charge is 0.397 e. The average Bonchev–Trinajstić information content (AvgIpc) is 2.92. The Morgan fingerprint density at radius 3 is 2.79 bits per heavy atom. The fourth-order valence-electron chi connectivity index (χ4n) is 1.54. The van der Waals surface area contributed by atoms with E-state index in [4.69, 9.17) is 5.73 Å². The van der Waals surface area contributed by atoms with Gasteiger partial charge in [-0.15, -0.1) is 0 Å². The molecule has 0 radical (unpaired) electrons. The van der Waals surface area contributed by atoms with Gasteiger partial charge in [-0.3, -0.25) is 0 Å². The van der Waals surface area contributed by atoms with Crippen molar-refractivity contribution >= 4 is 11.4 Å². The summed E-state index contributed by atoms with van der Waals surface area (Å²) >= 11 is 0. The van der Waals surface area contributed by atoms with Gasteiger partial charge in [-0.25, -0.2) is 0 Å². The summed E-state index contributed by atoms with van der Waals surface area (Å²) in [5.74, 6) is 0. The zero-order chi connectivity index (χ0) is 10.2. The van der Waals surface area contributed by atoms with E-state index in [1.807, 2.05) is 25.1 Å².